The maximum atomic E-state index is 4.78. The van der Waals surface area contributed by atoms with Gasteiger partial charge in [-0.1, -0.05) is 0 Å². The molecule has 7 heavy (non-hydrogen) atoms. The molecule has 4 nitrogen and oxygen atoms in total. The summed E-state index contributed by atoms with van der Waals surface area (Å²) in [6.07, 6.45) is 0. The fourth-order valence-electron chi connectivity index (χ4n) is 0.129. The van der Waals surface area contributed by atoms with E-state index in [9.17, 15) is 0 Å². The standard InChI is InChI=1S/C3H8N4/c1-3(5-2)6-7-4/h7H,2,4H2,1H3/b6-3-. The van der Waals surface area contributed by atoms with Gasteiger partial charge >= 0.3 is 0 Å². The molecular formula is C3H8N4. The van der Waals surface area contributed by atoms with Gasteiger partial charge in [-0.3, -0.25) is 0 Å². The minimum Gasteiger partial charge on any atom is -0.248 e. The highest BCUT2D eigenvalue weighted by Gasteiger charge is 1.73. The molecule has 0 heterocycles. The molecule has 0 aromatic carbocycles. The number of hydrogen-bond donors (Lipinski definition) is 2. The zero-order valence-corrected chi connectivity index (χ0v) is 4.18. The lowest BCUT2D eigenvalue weighted by Gasteiger charge is -1.85. The van der Waals surface area contributed by atoms with Crippen LogP contribution in [0.1, 0.15) is 6.92 Å². The van der Waals surface area contributed by atoms with Gasteiger partial charge in [0.1, 0.15) is 5.84 Å². The van der Waals surface area contributed by atoms with Gasteiger partial charge in [0, 0.05) is 0 Å². The summed E-state index contributed by atoms with van der Waals surface area (Å²) >= 11 is 0. The molecular weight excluding hydrogens is 92.1 g/mol. The minimum absolute atomic E-state index is 0.530. The van der Waals surface area contributed by atoms with Gasteiger partial charge in [0.2, 0.25) is 0 Å². The van der Waals surface area contributed by atoms with E-state index in [-0.39, 0.29) is 0 Å². The Balaban J connectivity index is 3.49. The van der Waals surface area contributed by atoms with E-state index in [1.807, 2.05) is 0 Å². The Kier molecular flexibility index (Phi) is 2.87. The first-order chi connectivity index (χ1) is 3.31. The van der Waals surface area contributed by atoms with Gasteiger partial charge in [0.05, 0.1) is 0 Å². The number of hydrazone groups is 1. The first-order valence-corrected chi connectivity index (χ1v) is 1.78. The normalized spacial score (nSPS) is 10.9. The lowest BCUT2D eigenvalue weighted by Crippen LogP contribution is -2.15. The quantitative estimate of drug-likeness (QED) is 0.201. The molecule has 0 amide bonds. The van der Waals surface area contributed by atoms with Crippen molar-refractivity contribution < 1.29 is 0 Å². The number of rotatable bonds is 1. The number of nitrogens with two attached hydrogens (primary N) is 1. The smallest absolute Gasteiger partial charge is 0.145 e. The molecule has 4 heteroatoms. The molecule has 0 aliphatic heterocycles. The number of hydrazine groups is 1. The number of nitrogens with zero attached hydrogens (tertiary/aromatic N) is 2. The highest BCUT2D eigenvalue weighted by Crippen LogP contribution is 1.68. The molecule has 0 aliphatic carbocycles. The molecule has 0 fully saturated rings. The molecule has 0 spiro atoms. The average molecular weight is 100 g/mol. The summed E-state index contributed by atoms with van der Waals surface area (Å²) in [4.78, 5) is 3.44. The summed E-state index contributed by atoms with van der Waals surface area (Å²) in [5.41, 5.74) is 2.07. The van der Waals surface area contributed by atoms with Gasteiger partial charge in [0.25, 0.3) is 0 Å². The molecule has 0 aromatic rings. The van der Waals surface area contributed by atoms with E-state index in [4.69, 9.17) is 5.84 Å². The topological polar surface area (TPSA) is 62.8 Å². The SMILES string of the molecule is C=N/C(C)=N\NN. The second kappa shape index (κ2) is 3.30. The Bertz CT molecular complexity index is 84.9. The summed E-state index contributed by atoms with van der Waals surface area (Å²) in [5, 5.41) is 3.46. The third-order valence-electron chi connectivity index (χ3n) is 0.455. The van der Waals surface area contributed by atoms with Gasteiger partial charge in [-0.15, -0.1) is 5.10 Å². The average Bonchev–Trinajstić information content (AvgIpc) is 1.68. The van der Waals surface area contributed by atoms with Crippen molar-refractivity contribution >= 4 is 12.6 Å². The third-order valence-corrected chi connectivity index (χ3v) is 0.455. The molecule has 40 valence electrons. The van der Waals surface area contributed by atoms with Gasteiger partial charge in [-0.2, -0.15) is 0 Å². The second-order valence-electron chi connectivity index (χ2n) is 0.946. The van der Waals surface area contributed by atoms with Crippen LogP contribution >= 0.6 is 0 Å². The van der Waals surface area contributed by atoms with Crippen molar-refractivity contribution in [3.05, 3.63) is 0 Å². The summed E-state index contributed by atoms with van der Waals surface area (Å²) in [6, 6.07) is 0. The van der Waals surface area contributed by atoms with Crippen LogP contribution in [0.3, 0.4) is 0 Å². The summed E-state index contributed by atoms with van der Waals surface area (Å²) < 4.78 is 0. The van der Waals surface area contributed by atoms with Crippen LogP contribution in [0.5, 0.6) is 0 Å². The van der Waals surface area contributed by atoms with Crippen molar-refractivity contribution in [3.63, 3.8) is 0 Å². The number of nitrogens with one attached hydrogen (secondary N) is 1. The van der Waals surface area contributed by atoms with Crippen molar-refractivity contribution in [2.24, 2.45) is 15.9 Å². The van der Waals surface area contributed by atoms with Crippen LogP contribution in [0.2, 0.25) is 0 Å². The Labute approximate surface area is 42.1 Å². The Morgan fingerprint density at radius 1 is 1.86 bits per heavy atom. The van der Waals surface area contributed by atoms with E-state index >= 15 is 0 Å². The second-order valence-corrected chi connectivity index (χ2v) is 0.946. The summed E-state index contributed by atoms with van der Waals surface area (Å²) in [7, 11) is 0. The number of aliphatic imine (C=N–C) groups is 1. The van der Waals surface area contributed by atoms with E-state index in [2.05, 4.69) is 22.3 Å². The first-order valence-electron chi connectivity index (χ1n) is 1.78. The molecule has 0 saturated heterocycles. The van der Waals surface area contributed by atoms with Crippen molar-refractivity contribution in [1.82, 2.24) is 5.53 Å². The van der Waals surface area contributed by atoms with Crippen LogP contribution in [0.15, 0.2) is 10.1 Å². The number of hydrogen-bond acceptors (Lipinski definition) is 3. The molecule has 0 aromatic heterocycles. The zero-order chi connectivity index (χ0) is 5.70. The fraction of sp³-hybridized carbons (Fsp3) is 0.333. The number of amidine groups is 1. The maximum absolute atomic E-state index is 4.78. The van der Waals surface area contributed by atoms with Crippen molar-refractivity contribution in [3.8, 4) is 0 Å². The van der Waals surface area contributed by atoms with E-state index in [0.717, 1.165) is 0 Å². The van der Waals surface area contributed by atoms with E-state index < -0.39 is 0 Å². The lowest BCUT2D eigenvalue weighted by atomic mass is 10.7. The molecule has 0 unspecified atom stereocenters. The van der Waals surface area contributed by atoms with Crippen LogP contribution in [0, 0.1) is 0 Å². The Hall–Kier alpha value is -0.900. The third kappa shape index (κ3) is 2.92. The predicted octanol–water partition coefficient (Wildman–Crippen LogP) is -0.516. The highest BCUT2D eigenvalue weighted by atomic mass is 15.5. The summed E-state index contributed by atoms with van der Waals surface area (Å²) in [6.45, 7) is 4.89. The molecule has 0 aliphatic rings. The molecule has 0 atom stereocenters. The van der Waals surface area contributed by atoms with Gasteiger partial charge in [0.15, 0.2) is 0 Å². The van der Waals surface area contributed by atoms with Gasteiger partial charge in [-0.05, 0) is 13.6 Å². The molecule has 0 bridgehead atoms. The van der Waals surface area contributed by atoms with Crippen LogP contribution in [-0.4, -0.2) is 12.6 Å². The maximum Gasteiger partial charge on any atom is 0.145 e. The molecule has 0 rings (SSSR count). The molecule has 0 radical (unpaired) electrons. The van der Waals surface area contributed by atoms with Gasteiger partial charge in [-0.25, -0.2) is 16.4 Å². The fourth-order valence-corrected chi connectivity index (χ4v) is 0.129. The molecule has 3 N–H and O–H groups in total. The van der Waals surface area contributed by atoms with Crippen LogP contribution in [0.4, 0.5) is 0 Å². The van der Waals surface area contributed by atoms with Crippen LogP contribution in [0.25, 0.3) is 0 Å². The first kappa shape index (κ1) is 6.10. The van der Waals surface area contributed by atoms with Gasteiger partial charge < -0.3 is 0 Å². The van der Waals surface area contributed by atoms with Crippen molar-refractivity contribution in [2.75, 3.05) is 0 Å². The van der Waals surface area contributed by atoms with Crippen LogP contribution in [-0.2, 0) is 0 Å². The monoisotopic (exact) mass is 100 g/mol. The van der Waals surface area contributed by atoms with Crippen molar-refractivity contribution in [2.45, 2.75) is 6.92 Å². The molecule has 0 saturated carbocycles. The minimum atomic E-state index is 0.530. The predicted molar refractivity (Wildman–Crippen MR) is 30.0 cm³/mol. The largest absolute Gasteiger partial charge is 0.248 e. The van der Waals surface area contributed by atoms with E-state index in [1.165, 1.54) is 0 Å². The van der Waals surface area contributed by atoms with Crippen LogP contribution < -0.4 is 11.4 Å². The zero-order valence-electron chi connectivity index (χ0n) is 4.18. The highest BCUT2D eigenvalue weighted by molar-refractivity contribution is 5.83. The summed E-state index contributed by atoms with van der Waals surface area (Å²) in [5.74, 6) is 5.31. The van der Waals surface area contributed by atoms with E-state index in [0.29, 0.717) is 5.84 Å². The Morgan fingerprint density at radius 2 is 2.43 bits per heavy atom. The lowest BCUT2D eigenvalue weighted by molar-refractivity contribution is 0.802. The van der Waals surface area contributed by atoms with E-state index in [1.54, 1.807) is 6.92 Å². The Morgan fingerprint density at radius 3 is 2.57 bits per heavy atom. The van der Waals surface area contributed by atoms with Crippen molar-refractivity contribution in [1.29, 1.82) is 0 Å².